The van der Waals surface area contributed by atoms with E-state index in [0.717, 1.165) is 11.5 Å². The molecule has 2 aromatic carbocycles. The molecule has 1 saturated heterocycles. The monoisotopic (exact) mass is 253 g/mol. The topological polar surface area (TPSA) is 12.5 Å². The average Bonchev–Trinajstić information content (AvgIpc) is 2.50. The van der Waals surface area contributed by atoms with Crippen molar-refractivity contribution in [2.45, 2.75) is 19.3 Å². The van der Waals surface area contributed by atoms with E-state index in [1.807, 2.05) is 30.3 Å². The van der Waals surface area contributed by atoms with Gasteiger partial charge < -0.3 is 9.64 Å². The van der Waals surface area contributed by atoms with Crippen LogP contribution in [0.5, 0.6) is 11.5 Å². The van der Waals surface area contributed by atoms with Gasteiger partial charge in [0, 0.05) is 18.8 Å². The van der Waals surface area contributed by atoms with E-state index in [-0.39, 0.29) is 0 Å². The number of para-hydroxylation sites is 1. The molecule has 0 atom stereocenters. The highest BCUT2D eigenvalue weighted by atomic mass is 16.5. The number of hydrogen-bond acceptors (Lipinski definition) is 2. The van der Waals surface area contributed by atoms with Gasteiger partial charge in [-0.15, -0.1) is 0 Å². The maximum atomic E-state index is 5.80. The van der Waals surface area contributed by atoms with Crippen LogP contribution < -0.4 is 9.64 Å². The Morgan fingerprint density at radius 1 is 0.684 bits per heavy atom. The summed E-state index contributed by atoms with van der Waals surface area (Å²) in [4.78, 5) is 2.45. The van der Waals surface area contributed by atoms with Crippen molar-refractivity contribution in [2.24, 2.45) is 0 Å². The lowest BCUT2D eigenvalue weighted by molar-refractivity contribution is 0.482. The van der Waals surface area contributed by atoms with Crippen LogP contribution in [0, 0.1) is 0 Å². The van der Waals surface area contributed by atoms with Gasteiger partial charge in [-0.1, -0.05) is 18.2 Å². The largest absolute Gasteiger partial charge is 0.457 e. The van der Waals surface area contributed by atoms with Crippen LogP contribution in [0.3, 0.4) is 0 Å². The number of rotatable bonds is 3. The summed E-state index contributed by atoms with van der Waals surface area (Å²) in [6, 6.07) is 18.3. The Morgan fingerprint density at radius 2 is 1.32 bits per heavy atom. The average molecular weight is 253 g/mol. The first-order valence-corrected chi connectivity index (χ1v) is 7.00. The van der Waals surface area contributed by atoms with E-state index in [2.05, 4.69) is 29.2 Å². The number of benzene rings is 2. The van der Waals surface area contributed by atoms with Gasteiger partial charge in [-0.2, -0.15) is 0 Å². The molecule has 0 spiro atoms. The number of anilines is 1. The molecule has 2 nitrogen and oxygen atoms in total. The van der Waals surface area contributed by atoms with E-state index < -0.39 is 0 Å². The zero-order chi connectivity index (χ0) is 12.9. The Kier molecular flexibility index (Phi) is 3.68. The first-order valence-electron chi connectivity index (χ1n) is 7.00. The highest BCUT2D eigenvalue weighted by molar-refractivity contribution is 5.49. The summed E-state index contributed by atoms with van der Waals surface area (Å²) >= 11 is 0. The molecule has 0 N–H and O–H groups in total. The van der Waals surface area contributed by atoms with Crippen LogP contribution in [0.4, 0.5) is 5.69 Å². The third-order valence-corrected chi connectivity index (χ3v) is 3.54. The summed E-state index contributed by atoms with van der Waals surface area (Å²) < 4.78 is 5.80. The van der Waals surface area contributed by atoms with Gasteiger partial charge in [0.25, 0.3) is 0 Å². The molecule has 0 amide bonds. The van der Waals surface area contributed by atoms with Crippen molar-refractivity contribution >= 4 is 5.69 Å². The molecule has 19 heavy (non-hydrogen) atoms. The molecule has 0 aliphatic carbocycles. The van der Waals surface area contributed by atoms with Gasteiger partial charge in [0.15, 0.2) is 0 Å². The highest BCUT2D eigenvalue weighted by Gasteiger charge is 2.10. The van der Waals surface area contributed by atoms with Gasteiger partial charge in [-0.25, -0.2) is 0 Å². The van der Waals surface area contributed by atoms with Crippen LogP contribution in [0.25, 0.3) is 0 Å². The van der Waals surface area contributed by atoms with Gasteiger partial charge >= 0.3 is 0 Å². The molecule has 0 radical (unpaired) electrons. The van der Waals surface area contributed by atoms with Crippen LogP contribution in [-0.2, 0) is 0 Å². The van der Waals surface area contributed by atoms with Crippen LogP contribution in [0.15, 0.2) is 54.6 Å². The SMILES string of the molecule is c1ccc(Oc2ccc(N3CCCCC3)cc2)cc1. The molecule has 1 aliphatic heterocycles. The molecular weight excluding hydrogens is 234 g/mol. The summed E-state index contributed by atoms with van der Waals surface area (Å²) in [6.45, 7) is 2.36. The van der Waals surface area contributed by atoms with E-state index in [1.54, 1.807) is 0 Å². The Hall–Kier alpha value is -1.96. The van der Waals surface area contributed by atoms with E-state index in [1.165, 1.54) is 38.0 Å². The second-order valence-corrected chi connectivity index (χ2v) is 4.96. The third-order valence-electron chi connectivity index (χ3n) is 3.54. The first-order chi connectivity index (χ1) is 9.42. The van der Waals surface area contributed by atoms with E-state index in [0.29, 0.717) is 0 Å². The molecule has 2 heteroatoms. The number of hydrogen-bond donors (Lipinski definition) is 0. The summed E-state index contributed by atoms with van der Waals surface area (Å²) in [6.07, 6.45) is 3.98. The summed E-state index contributed by atoms with van der Waals surface area (Å²) in [7, 11) is 0. The molecule has 3 rings (SSSR count). The molecule has 1 fully saturated rings. The van der Waals surface area contributed by atoms with E-state index in [9.17, 15) is 0 Å². The number of ether oxygens (including phenoxy) is 1. The van der Waals surface area contributed by atoms with Gasteiger partial charge in [0.2, 0.25) is 0 Å². The Morgan fingerprint density at radius 3 is 2.00 bits per heavy atom. The van der Waals surface area contributed by atoms with Gasteiger partial charge in [0.1, 0.15) is 11.5 Å². The Bertz CT molecular complexity index is 501. The van der Waals surface area contributed by atoms with Crippen molar-refractivity contribution < 1.29 is 4.74 Å². The molecule has 0 bridgehead atoms. The van der Waals surface area contributed by atoms with E-state index in [4.69, 9.17) is 4.74 Å². The first kappa shape index (κ1) is 12.1. The molecule has 2 aromatic rings. The summed E-state index contributed by atoms with van der Waals surface area (Å²) in [5.74, 6) is 1.78. The Labute approximate surface area is 114 Å². The van der Waals surface area contributed by atoms with Crippen LogP contribution >= 0.6 is 0 Å². The molecule has 1 heterocycles. The number of piperidine rings is 1. The molecule has 0 aromatic heterocycles. The van der Waals surface area contributed by atoms with Gasteiger partial charge in [-0.05, 0) is 55.7 Å². The fraction of sp³-hybridized carbons (Fsp3) is 0.294. The summed E-state index contributed by atoms with van der Waals surface area (Å²) in [5.41, 5.74) is 1.31. The fourth-order valence-corrected chi connectivity index (χ4v) is 2.50. The normalized spacial score (nSPS) is 15.3. The lowest BCUT2D eigenvalue weighted by atomic mass is 10.1. The molecule has 1 aliphatic rings. The third kappa shape index (κ3) is 3.08. The zero-order valence-electron chi connectivity index (χ0n) is 11.1. The minimum atomic E-state index is 0.883. The van der Waals surface area contributed by atoms with Crippen molar-refractivity contribution in [3.63, 3.8) is 0 Å². The summed E-state index contributed by atoms with van der Waals surface area (Å²) in [5, 5.41) is 0. The lowest BCUT2D eigenvalue weighted by Gasteiger charge is -2.28. The van der Waals surface area contributed by atoms with Gasteiger partial charge in [0.05, 0.1) is 0 Å². The quantitative estimate of drug-likeness (QED) is 0.800. The van der Waals surface area contributed by atoms with E-state index >= 15 is 0 Å². The van der Waals surface area contributed by atoms with Crippen LogP contribution in [0.1, 0.15) is 19.3 Å². The standard InChI is InChI=1S/C17H19NO/c1-3-7-16(8-4-1)19-17-11-9-15(10-12-17)18-13-5-2-6-14-18/h1,3-4,7-12H,2,5-6,13-14H2. The molecule has 0 saturated carbocycles. The maximum absolute atomic E-state index is 5.80. The predicted octanol–water partition coefficient (Wildman–Crippen LogP) is 4.47. The van der Waals surface area contributed by atoms with Crippen LogP contribution in [0.2, 0.25) is 0 Å². The maximum Gasteiger partial charge on any atom is 0.127 e. The van der Waals surface area contributed by atoms with Crippen molar-refractivity contribution in [3.05, 3.63) is 54.6 Å². The van der Waals surface area contributed by atoms with Crippen molar-refractivity contribution in [3.8, 4) is 11.5 Å². The molecule has 0 unspecified atom stereocenters. The second-order valence-electron chi connectivity index (χ2n) is 4.96. The predicted molar refractivity (Wildman–Crippen MR) is 79.0 cm³/mol. The smallest absolute Gasteiger partial charge is 0.127 e. The minimum Gasteiger partial charge on any atom is -0.457 e. The minimum absolute atomic E-state index is 0.883. The van der Waals surface area contributed by atoms with Crippen molar-refractivity contribution in [1.29, 1.82) is 0 Å². The van der Waals surface area contributed by atoms with Crippen molar-refractivity contribution in [2.75, 3.05) is 18.0 Å². The molecule has 98 valence electrons. The molecular formula is C17H19NO. The highest BCUT2D eigenvalue weighted by Crippen LogP contribution is 2.25. The Balaban J connectivity index is 1.68. The van der Waals surface area contributed by atoms with Gasteiger partial charge in [-0.3, -0.25) is 0 Å². The second kappa shape index (κ2) is 5.79. The van der Waals surface area contributed by atoms with Crippen LogP contribution in [-0.4, -0.2) is 13.1 Å². The zero-order valence-corrected chi connectivity index (χ0v) is 11.1. The van der Waals surface area contributed by atoms with Crippen molar-refractivity contribution in [1.82, 2.24) is 0 Å². The fourth-order valence-electron chi connectivity index (χ4n) is 2.50. The lowest BCUT2D eigenvalue weighted by Crippen LogP contribution is -2.29. The number of nitrogens with zero attached hydrogens (tertiary/aromatic N) is 1.